The first-order valence-electron chi connectivity index (χ1n) is 9.27. The lowest BCUT2D eigenvalue weighted by molar-refractivity contribution is -0.131. The number of carbonyl (C=O) groups excluding carboxylic acids is 2. The Bertz CT molecular complexity index is 981. The van der Waals surface area contributed by atoms with E-state index in [1.165, 1.54) is 16.8 Å². The minimum Gasteiger partial charge on any atom is -0.383 e. The second-order valence-electron chi connectivity index (χ2n) is 6.82. The fourth-order valence-corrected chi connectivity index (χ4v) is 3.11. The number of hydrogen-bond donors (Lipinski definition) is 1. The number of rotatable bonds is 6. The summed E-state index contributed by atoms with van der Waals surface area (Å²) in [5, 5.41) is 0. The van der Waals surface area contributed by atoms with Crippen molar-refractivity contribution in [1.29, 1.82) is 0 Å². The average molecular weight is 404 g/mol. The van der Waals surface area contributed by atoms with Crippen LogP contribution < -0.4 is 11.2 Å². The number of methoxy groups -OCH3 is 1. The Hall–Kier alpha value is -3.21. The van der Waals surface area contributed by atoms with Gasteiger partial charge in [0.05, 0.1) is 6.61 Å². The minimum absolute atomic E-state index is 0.147. The predicted molar refractivity (Wildman–Crippen MR) is 103 cm³/mol. The summed E-state index contributed by atoms with van der Waals surface area (Å²) in [6.45, 7) is 2.15. The molecule has 0 unspecified atom stereocenters. The fourth-order valence-electron chi connectivity index (χ4n) is 3.11. The van der Waals surface area contributed by atoms with Crippen LogP contribution in [0.2, 0.25) is 0 Å². The van der Waals surface area contributed by atoms with Gasteiger partial charge < -0.3 is 19.1 Å². The molecule has 156 valence electrons. The third-order valence-electron chi connectivity index (χ3n) is 4.83. The summed E-state index contributed by atoms with van der Waals surface area (Å²) in [5.41, 5.74) is -0.746. The second kappa shape index (κ2) is 8.86. The largest absolute Gasteiger partial charge is 0.383 e. The van der Waals surface area contributed by atoms with Gasteiger partial charge in [-0.05, 0) is 0 Å². The van der Waals surface area contributed by atoms with E-state index in [9.17, 15) is 19.2 Å². The lowest BCUT2D eigenvalue weighted by atomic mass is 10.3. The summed E-state index contributed by atoms with van der Waals surface area (Å²) in [7, 11) is 3.28. The normalized spacial score (nSPS) is 13.7. The molecular formula is C18H24N6O5. The zero-order valence-electron chi connectivity index (χ0n) is 16.5. The molecule has 1 aliphatic rings. The molecule has 0 fully saturated rings. The highest BCUT2D eigenvalue weighted by molar-refractivity contribution is 5.92. The summed E-state index contributed by atoms with van der Waals surface area (Å²) >= 11 is 0. The molecule has 0 saturated heterocycles. The van der Waals surface area contributed by atoms with Gasteiger partial charge in [-0.25, -0.2) is 9.78 Å². The maximum atomic E-state index is 12.6. The van der Waals surface area contributed by atoms with Crippen molar-refractivity contribution in [1.82, 2.24) is 28.9 Å². The molecule has 0 saturated carbocycles. The van der Waals surface area contributed by atoms with E-state index in [-0.39, 0.29) is 18.4 Å². The molecule has 1 aliphatic heterocycles. The van der Waals surface area contributed by atoms with Crippen molar-refractivity contribution >= 4 is 11.8 Å². The number of aromatic nitrogens is 4. The molecule has 0 atom stereocenters. The number of nitrogens with one attached hydrogen (secondary N) is 1. The summed E-state index contributed by atoms with van der Waals surface area (Å²) in [4.78, 5) is 57.7. The Morgan fingerprint density at radius 2 is 2.07 bits per heavy atom. The van der Waals surface area contributed by atoms with Crippen LogP contribution in [0.4, 0.5) is 0 Å². The quantitative estimate of drug-likeness (QED) is 0.628. The average Bonchev–Trinajstić information content (AvgIpc) is 3.00. The zero-order chi connectivity index (χ0) is 21.0. The molecule has 3 rings (SSSR count). The Morgan fingerprint density at radius 3 is 2.79 bits per heavy atom. The van der Waals surface area contributed by atoms with Crippen molar-refractivity contribution in [3.8, 4) is 0 Å². The van der Waals surface area contributed by atoms with Crippen molar-refractivity contribution in [2.24, 2.45) is 0 Å². The second-order valence-corrected chi connectivity index (χ2v) is 6.82. The molecule has 0 aliphatic carbocycles. The number of fused-ring (bicyclic) bond motifs is 1. The fraction of sp³-hybridized carbons (Fsp3) is 0.500. The molecule has 0 radical (unpaired) electrons. The van der Waals surface area contributed by atoms with E-state index in [1.807, 2.05) is 4.57 Å². The van der Waals surface area contributed by atoms with E-state index >= 15 is 0 Å². The Morgan fingerprint density at radius 1 is 1.28 bits per heavy atom. The van der Waals surface area contributed by atoms with E-state index < -0.39 is 11.2 Å². The van der Waals surface area contributed by atoms with Gasteiger partial charge in [0.2, 0.25) is 5.91 Å². The number of likely N-dealkylation sites (N-methyl/N-ethyl adjacent to an activating group) is 1. The lowest BCUT2D eigenvalue weighted by Gasteiger charge is -2.20. The van der Waals surface area contributed by atoms with E-state index in [0.717, 1.165) is 5.82 Å². The molecule has 2 aromatic rings. The van der Waals surface area contributed by atoms with Crippen LogP contribution in [0.1, 0.15) is 16.3 Å². The maximum absolute atomic E-state index is 12.6. The highest BCUT2D eigenvalue weighted by Gasteiger charge is 2.23. The first kappa shape index (κ1) is 20.5. The number of aromatic amines is 1. The maximum Gasteiger partial charge on any atom is 0.328 e. The van der Waals surface area contributed by atoms with Crippen LogP contribution >= 0.6 is 0 Å². The zero-order valence-corrected chi connectivity index (χ0v) is 16.5. The first-order chi connectivity index (χ1) is 13.9. The van der Waals surface area contributed by atoms with Crippen molar-refractivity contribution < 1.29 is 14.3 Å². The van der Waals surface area contributed by atoms with Crippen LogP contribution in [0, 0.1) is 0 Å². The van der Waals surface area contributed by atoms with Gasteiger partial charge in [-0.1, -0.05) is 0 Å². The molecule has 0 aromatic carbocycles. The number of amides is 2. The number of ether oxygens (including phenoxy) is 1. The van der Waals surface area contributed by atoms with Crippen molar-refractivity contribution in [3.63, 3.8) is 0 Å². The molecule has 11 heteroatoms. The molecule has 0 bridgehead atoms. The van der Waals surface area contributed by atoms with Gasteiger partial charge in [0.25, 0.3) is 11.5 Å². The van der Waals surface area contributed by atoms with E-state index in [4.69, 9.17) is 4.74 Å². The van der Waals surface area contributed by atoms with Crippen LogP contribution in [0.25, 0.3) is 0 Å². The molecule has 2 amide bonds. The summed E-state index contributed by atoms with van der Waals surface area (Å²) in [6, 6.07) is 1.20. The highest BCUT2D eigenvalue weighted by atomic mass is 16.5. The van der Waals surface area contributed by atoms with Gasteiger partial charge in [-0.2, -0.15) is 0 Å². The minimum atomic E-state index is -0.616. The molecule has 0 spiro atoms. The molecule has 1 N–H and O–H groups in total. The Labute approximate surface area is 166 Å². The Balaban J connectivity index is 1.63. The lowest BCUT2D eigenvalue weighted by Crippen LogP contribution is -2.39. The number of hydrogen-bond acceptors (Lipinski definition) is 6. The van der Waals surface area contributed by atoms with Crippen molar-refractivity contribution in [2.45, 2.75) is 19.5 Å². The number of carbonyl (C=O) groups is 2. The number of nitrogens with zero attached hydrogens (tertiary/aromatic N) is 5. The highest BCUT2D eigenvalue weighted by Crippen LogP contribution is 2.12. The summed E-state index contributed by atoms with van der Waals surface area (Å²) in [6.07, 6.45) is 3.52. The van der Waals surface area contributed by atoms with Crippen LogP contribution in [0.5, 0.6) is 0 Å². The van der Waals surface area contributed by atoms with Gasteiger partial charge >= 0.3 is 5.69 Å². The molecular weight excluding hydrogens is 380 g/mol. The van der Waals surface area contributed by atoms with E-state index in [0.29, 0.717) is 44.9 Å². The third-order valence-corrected chi connectivity index (χ3v) is 4.83. The standard InChI is InChI=1S/C18H24N6O5/c1-21(9-10-29-2)17(27)13-11-23-8-7-22(5-3-14(23)19-13)16(26)12-24-6-4-15(25)20-18(24)28/h4,6,11H,3,5,7-10,12H2,1-2H3,(H,20,25,28). The van der Waals surface area contributed by atoms with Crippen LogP contribution in [0.3, 0.4) is 0 Å². The van der Waals surface area contributed by atoms with Crippen molar-refractivity contribution in [2.75, 3.05) is 40.4 Å². The SMILES string of the molecule is COCCN(C)C(=O)c1cn2c(n1)CCN(C(=O)Cn1ccc(=O)[nH]c1=O)CC2. The van der Waals surface area contributed by atoms with Gasteiger partial charge in [-0.15, -0.1) is 0 Å². The third kappa shape index (κ3) is 4.80. The van der Waals surface area contributed by atoms with Crippen LogP contribution in [0.15, 0.2) is 28.0 Å². The molecule has 3 heterocycles. The van der Waals surface area contributed by atoms with Gasteiger partial charge in [-0.3, -0.25) is 23.9 Å². The van der Waals surface area contributed by atoms with Gasteiger partial charge in [0.15, 0.2) is 0 Å². The summed E-state index contributed by atoms with van der Waals surface area (Å²) in [5.74, 6) is 0.346. The molecule has 29 heavy (non-hydrogen) atoms. The molecule has 2 aromatic heterocycles. The van der Waals surface area contributed by atoms with E-state index in [2.05, 4.69) is 9.97 Å². The predicted octanol–water partition coefficient (Wildman–Crippen LogP) is -1.46. The topological polar surface area (TPSA) is 123 Å². The van der Waals surface area contributed by atoms with Crippen molar-refractivity contribution in [3.05, 3.63) is 50.8 Å². The molecule has 11 nitrogen and oxygen atoms in total. The van der Waals surface area contributed by atoms with Crippen LogP contribution in [-0.2, 0) is 29.0 Å². The van der Waals surface area contributed by atoms with Gasteiger partial charge in [0, 0.05) is 65.2 Å². The monoisotopic (exact) mass is 404 g/mol. The van der Waals surface area contributed by atoms with E-state index in [1.54, 1.807) is 30.2 Å². The van der Waals surface area contributed by atoms with Gasteiger partial charge in [0.1, 0.15) is 18.1 Å². The first-order valence-corrected chi connectivity index (χ1v) is 9.27. The smallest absolute Gasteiger partial charge is 0.328 e. The Kier molecular flexibility index (Phi) is 6.27. The summed E-state index contributed by atoms with van der Waals surface area (Å²) < 4.78 is 8.04. The van der Waals surface area contributed by atoms with Crippen LogP contribution in [-0.4, -0.2) is 81.1 Å². The number of imidazole rings is 1. The number of H-pyrrole nitrogens is 1.